The standard InChI is InChI=1S/C24H28O2/c25-23-13-9-21(10-14-23)19-5-1-17(2-6-19)18-3-7-20(8-4-18)22-11-15-24(26)16-12-22/h5,7,9-11,13-15,17-18,25-26H,1-4,6,8,12,16H2. The van der Waals surface area contributed by atoms with Crippen LogP contribution in [0.1, 0.15) is 56.9 Å². The molecule has 2 atom stereocenters. The smallest absolute Gasteiger partial charge is 0.115 e. The van der Waals surface area contributed by atoms with Gasteiger partial charge in [-0.3, -0.25) is 0 Å². The molecular formula is C24H28O2. The largest absolute Gasteiger partial charge is 0.512 e. The highest BCUT2D eigenvalue weighted by Gasteiger charge is 2.26. The lowest BCUT2D eigenvalue weighted by molar-refractivity contribution is 0.287. The second-order valence-electron chi connectivity index (χ2n) is 7.92. The topological polar surface area (TPSA) is 40.5 Å². The van der Waals surface area contributed by atoms with Crippen LogP contribution in [0.5, 0.6) is 5.75 Å². The molecule has 0 radical (unpaired) electrons. The van der Waals surface area contributed by atoms with Crippen molar-refractivity contribution in [1.29, 1.82) is 0 Å². The number of benzene rings is 1. The van der Waals surface area contributed by atoms with Crippen LogP contribution in [0, 0.1) is 11.8 Å². The van der Waals surface area contributed by atoms with Gasteiger partial charge in [-0.25, -0.2) is 0 Å². The molecule has 0 saturated heterocycles. The SMILES string of the molecule is OC1=CC=C(C2=CCC(C3CC=C(c4ccc(O)cc4)CC3)CC2)CC1. The van der Waals surface area contributed by atoms with Crippen LogP contribution in [0.2, 0.25) is 0 Å². The Balaban J connectivity index is 1.36. The molecule has 3 aliphatic rings. The van der Waals surface area contributed by atoms with E-state index in [1.54, 1.807) is 12.1 Å². The van der Waals surface area contributed by atoms with Crippen LogP contribution in [-0.2, 0) is 0 Å². The van der Waals surface area contributed by atoms with E-state index >= 15 is 0 Å². The van der Waals surface area contributed by atoms with Gasteiger partial charge in [0, 0.05) is 6.42 Å². The lowest BCUT2D eigenvalue weighted by atomic mass is 9.73. The maximum absolute atomic E-state index is 9.53. The highest BCUT2D eigenvalue weighted by Crippen LogP contribution is 2.41. The van der Waals surface area contributed by atoms with Crippen molar-refractivity contribution in [3.05, 3.63) is 71.0 Å². The summed E-state index contributed by atoms with van der Waals surface area (Å²) in [5.74, 6) is 2.47. The fraction of sp³-hybridized carbons (Fsp3) is 0.417. The third-order valence-electron chi connectivity index (χ3n) is 6.35. The molecule has 2 unspecified atom stereocenters. The van der Waals surface area contributed by atoms with Gasteiger partial charge >= 0.3 is 0 Å². The summed E-state index contributed by atoms with van der Waals surface area (Å²) in [7, 11) is 0. The van der Waals surface area contributed by atoms with Gasteiger partial charge in [0.25, 0.3) is 0 Å². The molecule has 0 aliphatic heterocycles. The molecule has 0 amide bonds. The van der Waals surface area contributed by atoms with Gasteiger partial charge in [-0.2, -0.15) is 0 Å². The molecular weight excluding hydrogens is 320 g/mol. The molecule has 0 bridgehead atoms. The number of hydrogen-bond donors (Lipinski definition) is 2. The van der Waals surface area contributed by atoms with Crippen molar-refractivity contribution in [2.75, 3.05) is 0 Å². The second-order valence-corrected chi connectivity index (χ2v) is 7.92. The molecule has 0 heterocycles. The number of phenols is 1. The second kappa shape index (κ2) is 7.57. The lowest BCUT2D eigenvalue weighted by Crippen LogP contribution is -2.19. The van der Waals surface area contributed by atoms with Gasteiger partial charge in [-0.05, 0) is 97.3 Å². The van der Waals surface area contributed by atoms with Crippen molar-refractivity contribution in [3.8, 4) is 5.75 Å². The van der Waals surface area contributed by atoms with Crippen molar-refractivity contribution in [2.24, 2.45) is 11.8 Å². The summed E-state index contributed by atoms with van der Waals surface area (Å²) < 4.78 is 0. The minimum Gasteiger partial charge on any atom is -0.512 e. The number of aliphatic hydroxyl groups excluding tert-OH is 1. The Morgan fingerprint density at radius 3 is 1.85 bits per heavy atom. The van der Waals surface area contributed by atoms with E-state index in [0.717, 1.165) is 31.1 Å². The first-order chi connectivity index (χ1) is 12.7. The minimum atomic E-state index is 0.339. The summed E-state index contributed by atoms with van der Waals surface area (Å²) in [6, 6.07) is 7.62. The van der Waals surface area contributed by atoms with Gasteiger partial charge in [0.15, 0.2) is 0 Å². The van der Waals surface area contributed by atoms with Gasteiger partial charge in [0.05, 0.1) is 5.76 Å². The van der Waals surface area contributed by atoms with E-state index in [1.165, 1.54) is 54.4 Å². The Hall–Kier alpha value is -2.22. The van der Waals surface area contributed by atoms with E-state index in [-0.39, 0.29) is 0 Å². The van der Waals surface area contributed by atoms with E-state index in [1.807, 2.05) is 18.2 Å². The molecule has 2 heteroatoms. The van der Waals surface area contributed by atoms with Crippen LogP contribution < -0.4 is 0 Å². The number of allylic oxidation sites excluding steroid dienone is 8. The third kappa shape index (κ3) is 3.80. The quantitative estimate of drug-likeness (QED) is 0.657. The number of phenolic OH excluding ortho intramolecular Hbond substituents is 1. The summed E-state index contributed by atoms with van der Waals surface area (Å²) >= 11 is 0. The highest BCUT2D eigenvalue weighted by atomic mass is 16.3. The number of aliphatic hydroxyl groups is 1. The van der Waals surface area contributed by atoms with Crippen LogP contribution in [0.3, 0.4) is 0 Å². The van der Waals surface area contributed by atoms with E-state index < -0.39 is 0 Å². The van der Waals surface area contributed by atoms with Gasteiger partial charge in [0.1, 0.15) is 5.75 Å². The van der Waals surface area contributed by atoms with E-state index in [0.29, 0.717) is 11.5 Å². The number of aromatic hydroxyl groups is 1. The molecule has 0 spiro atoms. The average molecular weight is 348 g/mol. The predicted octanol–water partition coefficient (Wildman–Crippen LogP) is 6.46. The molecule has 1 aromatic carbocycles. The number of rotatable bonds is 3. The first kappa shape index (κ1) is 17.2. The van der Waals surface area contributed by atoms with Crippen molar-refractivity contribution in [1.82, 2.24) is 0 Å². The zero-order valence-corrected chi connectivity index (χ0v) is 15.3. The maximum atomic E-state index is 9.53. The summed E-state index contributed by atoms with van der Waals surface area (Å²) in [4.78, 5) is 0. The third-order valence-corrected chi connectivity index (χ3v) is 6.35. The summed E-state index contributed by atoms with van der Waals surface area (Å²) in [5, 5.41) is 19.0. The minimum absolute atomic E-state index is 0.339. The zero-order chi connectivity index (χ0) is 17.9. The van der Waals surface area contributed by atoms with Crippen LogP contribution in [0.15, 0.2) is 65.5 Å². The molecule has 0 fully saturated rings. The molecule has 1 aromatic rings. The fourth-order valence-corrected chi connectivity index (χ4v) is 4.69. The van der Waals surface area contributed by atoms with E-state index in [9.17, 15) is 10.2 Å². The molecule has 0 saturated carbocycles. The fourth-order valence-electron chi connectivity index (χ4n) is 4.69. The van der Waals surface area contributed by atoms with Crippen molar-refractivity contribution in [3.63, 3.8) is 0 Å². The zero-order valence-electron chi connectivity index (χ0n) is 15.3. The molecule has 2 nitrogen and oxygen atoms in total. The Labute approximate surface area is 156 Å². The molecule has 2 N–H and O–H groups in total. The Kier molecular flexibility index (Phi) is 5.01. The molecule has 4 rings (SSSR count). The normalized spacial score (nSPS) is 26.5. The van der Waals surface area contributed by atoms with Crippen LogP contribution in [0.25, 0.3) is 5.57 Å². The summed E-state index contributed by atoms with van der Waals surface area (Å²) in [6.07, 6.45) is 18.0. The lowest BCUT2D eigenvalue weighted by Gasteiger charge is -2.33. The molecule has 26 heavy (non-hydrogen) atoms. The molecule has 3 aliphatic carbocycles. The Morgan fingerprint density at radius 1 is 0.654 bits per heavy atom. The van der Waals surface area contributed by atoms with Gasteiger partial charge in [0.2, 0.25) is 0 Å². The number of hydrogen-bond acceptors (Lipinski definition) is 2. The van der Waals surface area contributed by atoms with Gasteiger partial charge in [-0.1, -0.05) is 30.4 Å². The van der Waals surface area contributed by atoms with Crippen molar-refractivity contribution < 1.29 is 10.2 Å². The summed E-state index contributed by atoms with van der Waals surface area (Å²) in [6.45, 7) is 0. The van der Waals surface area contributed by atoms with Crippen molar-refractivity contribution in [2.45, 2.75) is 51.4 Å². The first-order valence-corrected chi connectivity index (χ1v) is 9.95. The van der Waals surface area contributed by atoms with E-state index in [4.69, 9.17) is 0 Å². The summed E-state index contributed by atoms with van der Waals surface area (Å²) in [5.41, 5.74) is 5.64. The highest BCUT2D eigenvalue weighted by molar-refractivity contribution is 5.66. The van der Waals surface area contributed by atoms with Gasteiger partial charge < -0.3 is 10.2 Å². The Morgan fingerprint density at radius 2 is 1.31 bits per heavy atom. The average Bonchev–Trinajstić information content (AvgIpc) is 2.70. The maximum Gasteiger partial charge on any atom is 0.115 e. The molecule has 136 valence electrons. The monoisotopic (exact) mass is 348 g/mol. The first-order valence-electron chi connectivity index (χ1n) is 9.95. The molecule has 0 aromatic heterocycles. The predicted molar refractivity (Wildman–Crippen MR) is 107 cm³/mol. The van der Waals surface area contributed by atoms with Gasteiger partial charge in [-0.15, -0.1) is 0 Å². The van der Waals surface area contributed by atoms with Crippen molar-refractivity contribution >= 4 is 5.57 Å². The Bertz CT molecular complexity index is 777. The van der Waals surface area contributed by atoms with Crippen LogP contribution >= 0.6 is 0 Å². The van der Waals surface area contributed by atoms with Crippen LogP contribution in [-0.4, -0.2) is 10.2 Å². The van der Waals surface area contributed by atoms with Crippen LogP contribution in [0.4, 0.5) is 0 Å². The van der Waals surface area contributed by atoms with E-state index in [2.05, 4.69) is 18.2 Å².